The number of rotatable bonds is 7. The predicted molar refractivity (Wildman–Crippen MR) is 110 cm³/mol. The van der Waals surface area contributed by atoms with Crippen LogP contribution < -0.4 is 5.32 Å². The van der Waals surface area contributed by atoms with Crippen molar-refractivity contribution in [3.8, 4) is 0 Å². The third-order valence-corrected chi connectivity index (χ3v) is 5.76. The molecular weight excluding hydrogens is 322 g/mol. The molecule has 1 fully saturated rings. The van der Waals surface area contributed by atoms with Crippen molar-refractivity contribution in [2.24, 2.45) is 5.92 Å². The van der Waals surface area contributed by atoms with Crippen molar-refractivity contribution >= 4 is 5.91 Å². The molecule has 1 aromatic rings. The number of amides is 1. The maximum Gasteiger partial charge on any atom is 0.227 e. The number of aryl methyl sites for hydroxylation is 1. The molecule has 1 amide bonds. The fourth-order valence-corrected chi connectivity index (χ4v) is 3.81. The molecule has 0 bridgehead atoms. The molecule has 1 atom stereocenters. The SMILES string of the molecule is CCN1CCN(C(C)(C)CNC(=O)C(c2ccc(C)cc2)C(C)C)CC1. The van der Waals surface area contributed by atoms with Crippen LogP contribution in [0.15, 0.2) is 24.3 Å². The first-order valence-electron chi connectivity index (χ1n) is 10.1. The second-order valence-corrected chi connectivity index (χ2v) is 8.58. The predicted octanol–water partition coefficient (Wildman–Crippen LogP) is 3.27. The van der Waals surface area contributed by atoms with Gasteiger partial charge in [0.2, 0.25) is 5.91 Å². The highest BCUT2D eigenvalue weighted by Gasteiger charge is 2.31. The van der Waals surface area contributed by atoms with Crippen molar-refractivity contribution in [3.05, 3.63) is 35.4 Å². The second kappa shape index (κ2) is 9.01. The summed E-state index contributed by atoms with van der Waals surface area (Å²) in [6.07, 6.45) is 0. The molecule has 4 nitrogen and oxygen atoms in total. The number of hydrogen-bond donors (Lipinski definition) is 1. The summed E-state index contributed by atoms with van der Waals surface area (Å²) in [6, 6.07) is 8.37. The van der Waals surface area contributed by atoms with E-state index in [1.54, 1.807) is 0 Å². The summed E-state index contributed by atoms with van der Waals surface area (Å²) >= 11 is 0. The lowest BCUT2D eigenvalue weighted by molar-refractivity contribution is -0.124. The molecule has 26 heavy (non-hydrogen) atoms. The monoisotopic (exact) mass is 359 g/mol. The average molecular weight is 360 g/mol. The van der Waals surface area contributed by atoms with Crippen molar-refractivity contribution < 1.29 is 4.79 Å². The van der Waals surface area contributed by atoms with Gasteiger partial charge in [-0.25, -0.2) is 0 Å². The van der Waals surface area contributed by atoms with Gasteiger partial charge < -0.3 is 10.2 Å². The van der Waals surface area contributed by atoms with Gasteiger partial charge in [0.1, 0.15) is 0 Å². The van der Waals surface area contributed by atoms with Crippen molar-refractivity contribution in [2.45, 2.75) is 53.0 Å². The van der Waals surface area contributed by atoms with Crippen molar-refractivity contribution in [1.29, 1.82) is 0 Å². The summed E-state index contributed by atoms with van der Waals surface area (Å²) in [5.74, 6) is 0.321. The quantitative estimate of drug-likeness (QED) is 0.812. The van der Waals surface area contributed by atoms with Gasteiger partial charge in [-0.2, -0.15) is 0 Å². The molecule has 146 valence electrons. The number of carbonyl (C=O) groups is 1. The molecule has 1 aromatic carbocycles. The van der Waals surface area contributed by atoms with E-state index in [4.69, 9.17) is 0 Å². The van der Waals surface area contributed by atoms with E-state index < -0.39 is 0 Å². The number of likely N-dealkylation sites (N-methyl/N-ethyl adjacent to an activating group) is 1. The Bertz CT molecular complexity index is 572. The van der Waals surface area contributed by atoms with Gasteiger partial charge in [0.25, 0.3) is 0 Å². The summed E-state index contributed by atoms with van der Waals surface area (Å²) in [4.78, 5) is 18.0. The van der Waals surface area contributed by atoms with Crippen LogP contribution in [0.25, 0.3) is 0 Å². The minimum Gasteiger partial charge on any atom is -0.354 e. The molecule has 0 aliphatic carbocycles. The Morgan fingerprint density at radius 1 is 1.12 bits per heavy atom. The van der Waals surface area contributed by atoms with E-state index in [9.17, 15) is 4.79 Å². The van der Waals surface area contributed by atoms with E-state index in [2.05, 4.69) is 80.9 Å². The molecule has 1 aliphatic heterocycles. The standard InChI is InChI=1S/C22H37N3O/c1-7-24-12-14-25(15-13-24)22(5,6)16-23-21(26)20(17(2)3)19-10-8-18(4)9-11-19/h8-11,17,20H,7,12-16H2,1-6H3,(H,23,26). The van der Waals surface area contributed by atoms with Crippen LogP contribution in [0.3, 0.4) is 0 Å². The number of nitrogens with one attached hydrogen (secondary N) is 1. The van der Waals surface area contributed by atoms with E-state index in [1.165, 1.54) is 5.56 Å². The van der Waals surface area contributed by atoms with Gasteiger partial charge in [-0.1, -0.05) is 50.6 Å². The first-order valence-corrected chi connectivity index (χ1v) is 10.1. The van der Waals surface area contributed by atoms with Crippen LogP contribution in [0.1, 0.15) is 51.7 Å². The third kappa shape index (κ3) is 5.31. The van der Waals surface area contributed by atoms with Crippen LogP contribution in [0.5, 0.6) is 0 Å². The highest BCUT2D eigenvalue weighted by molar-refractivity contribution is 5.84. The van der Waals surface area contributed by atoms with Gasteiger partial charge in [0.15, 0.2) is 0 Å². The molecule has 0 radical (unpaired) electrons. The van der Waals surface area contributed by atoms with E-state index in [0.29, 0.717) is 6.54 Å². The molecule has 0 saturated carbocycles. The smallest absolute Gasteiger partial charge is 0.227 e. The fraction of sp³-hybridized carbons (Fsp3) is 0.682. The van der Waals surface area contributed by atoms with Crippen LogP contribution in [0.2, 0.25) is 0 Å². The van der Waals surface area contributed by atoms with Gasteiger partial charge >= 0.3 is 0 Å². The molecule has 0 aromatic heterocycles. The highest BCUT2D eigenvalue weighted by atomic mass is 16.1. The Hall–Kier alpha value is -1.39. The molecule has 0 spiro atoms. The Morgan fingerprint density at radius 3 is 2.19 bits per heavy atom. The third-order valence-electron chi connectivity index (χ3n) is 5.76. The number of nitrogens with zero attached hydrogens (tertiary/aromatic N) is 2. The van der Waals surface area contributed by atoms with Gasteiger partial charge in [-0.3, -0.25) is 9.69 Å². The Kier molecular flexibility index (Phi) is 7.24. The maximum absolute atomic E-state index is 13.0. The van der Waals surface area contributed by atoms with Gasteiger partial charge in [-0.15, -0.1) is 0 Å². The van der Waals surface area contributed by atoms with E-state index in [0.717, 1.165) is 38.3 Å². The molecule has 1 heterocycles. The van der Waals surface area contributed by atoms with E-state index >= 15 is 0 Å². The summed E-state index contributed by atoms with van der Waals surface area (Å²) in [5, 5.41) is 3.25. The van der Waals surface area contributed by atoms with Crippen LogP contribution in [-0.4, -0.2) is 60.5 Å². The summed E-state index contributed by atoms with van der Waals surface area (Å²) in [6.45, 7) is 19.2. The zero-order chi connectivity index (χ0) is 19.3. The van der Waals surface area contributed by atoms with Crippen LogP contribution in [-0.2, 0) is 4.79 Å². The lowest BCUT2D eigenvalue weighted by Gasteiger charge is -2.44. The molecule has 4 heteroatoms. The van der Waals surface area contributed by atoms with Gasteiger partial charge in [0.05, 0.1) is 5.92 Å². The number of hydrogen-bond acceptors (Lipinski definition) is 3. The first-order chi connectivity index (χ1) is 12.2. The first kappa shape index (κ1) is 20.9. The van der Waals surface area contributed by atoms with E-state index in [1.807, 2.05) is 0 Å². The largest absolute Gasteiger partial charge is 0.354 e. The van der Waals surface area contributed by atoms with Crippen molar-refractivity contribution in [2.75, 3.05) is 39.3 Å². The average Bonchev–Trinajstić information content (AvgIpc) is 2.61. The molecular formula is C22H37N3O. The number of carbonyl (C=O) groups excluding carboxylic acids is 1. The number of piperazine rings is 1. The molecule has 2 rings (SSSR count). The van der Waals surface area contributed by atoms with Gasteiger partial charge in [0, 0.05) is 38.3 Å². The molecule has 1 saturated heterocycles. The lowest BCUT2D eigenvalue weighted by Crippen LogP contribution is -2.58. The van der Waals surface area contributed by atoms with Crippen molar-refractivity contribution in [1.82, 2.24) is 15.1 Å². The highest BCUT2D eigenvalue weighted by Crippen LogP contribution is 2.25. The normalized spacial score (nSPS) is 18.1. The zero-order valence-corrected chi connectivity index (χ0v) is 17.5. The zero-order valence-electron chi connectivity index (χ0n) is 17.5. The Labute approximate surface area is 159 Å². The fourth-order valence-electron chi connectivity index (χ4n) is 3.81. The van der Waals surface area contributed by atoms with Gasteiger partial charge in [-0.05, 0) is 38.8 Å². The summed E-state index contributed by atoms with van der Waals surface area (Å²) < 4.78 is 0. The van der Waals surface area contributed by atoms with Crippen LogP contribution in [0.4, 0.5) is 0 Å². The van der Waals surface area contributed by atoms with Crippen LogP contribution in [0, 0.1) is 12.8 Å². The minimum atomic E-state index is -0.0941. The topological polar surface area (TPSA) is 35.6 Å². The summed E-state index contributed by atoms with van der Waals surface area (Å²) in [7, 11) is 0. The molecule has 1 aliphatic rings. The lowest BCUT2D eigenvalue weighted by atomic mass is 9.87. The number of benzene rings is 1. The Morgan fingerprint density at radius 2 is 1.69 bits per heavy atom. The van der Waals surface area contributed by atoms with E-state index in [-0.39, 0.29) is 23.3 Å². The summed E-state index contributed by atoms with van der Waals surface area (Å²) in [5.41, 5.74) is 2.31. The maximum atomic E-state index is 13.0. The minimum absolute atomic E-state index is 0.0235. The van der Waals surface area contributed by atoms with Crippen molar-refractivity contribution in [3.63, 3.8) is 0 Å². The second-order valence-electron chi connectivity index (χ2n) is 8.58. The molecule has 1 N–H and O–H groups in total. The molecule has 1 unspecified atom stereocenters. The van der Waals surface area contributed by atoms with Crippen LogP contribution >= 0.6 is 0 Å². The Balaban J connectivity index is 1.97.